The number of amides is 7. The van der Waals surface area contributed by atoms with Crippen LogP contribution in [0, 0.1) is 0 Å². The molecule has 292 valence electrons. The lowest BCUT2D eigenvalue weighted by molar-refractivity contribution is -0.163. The average molecular weight is 805 g/mol. The molecule has 4 heterocycles. The fourth-order valence-corrected chi connectivity index (χ4v) is 8.69. The van der Waals surface area contributed by atoms with Crippen molar-refractivity contribution >= 4 is 76.9 Å². The van der Waals surface area contributed by atoms with Crippen LogP contribution in [-0.4, -0.2) is 141 Å². The SMILES string of the molecule is CCN1CCN(C(=O)NC(C(=O)N[C@]2(NC=O)C(=O)N3C(C(=O)O)=C(CSc4nnnn4C)C[S+]([O-])[C@@H]32)c2ccc(OC(C)=O)c(OC(C)=O)c2)C(=O)C1=O. The Morgan fingerprint density at radius 2 is 1.80 bits per heavy atom. The Bertz CT molecular complexity index is 2020. The number of nitrogens with one attached hydrogen (secondary N) is 3. The van der Waals surface area contributed by atoms with Gasteiger partial charge in [-0.05, 0) is 46.2 Å². The van der Waals surface area contributed by atoms with Crippen molar-refractivity contribution in [1.82, 2.24) is 50.9 Å². The molecule has 0 spiro atoms. The molecule has 23 nitrogen and oxygen atoms in total. The molecule has 0 bridgehead atoms. The van der Waals surface area contributed by atoms with Gasteiger partial charge in [-0.2, -0.15) is 0 Å². The summed E-state index contributed by atoms with van der Waals surface area (Å²) in [6, 6.07) is 0.117. The minimum atomic E-state index is -2.53. The highest BCUT2D eigenvalue weighted by atomic mass is 32.2. The molecule has 5 rings (SSSR count). The van der Waals surface area contributed by atoms with E-state index in [4.69, 9.17) is 9.47 Å². The minimum Gasteiger partial charge on any atom is -0.614 e. The van der Waals surface area contributed by atoms with Crippen molar-refractivity contribution in [2.24, 2.45) is 7.05 Å². The molecule has 0 aliphatic carbocycles. The van der Waals surface area contributed by atoms with Crippen molar-refractivity contribution in [3.63, 3.8) is 0 Å². The van der Waals surface area contributed by atoms with Crippen LogP contribution in [0.5, 0.6) is 11.5 Å². The van der Waals surface area contributed by atoms with Gasteiger partial charge in [0.15, 0.2) is 11.5 Å². The Morgan fingerprint density at radius 3 is 2.40 bits per heavy atom. The third-order valence-electron chi connectivity index (χ3n) is 8.34. The number of likely N-dealkylation sites (N-methyl/N-ethyl adjacent to an activating group) is 1. The molecule has 0 saturated carbocycles. The second kappa shape index (κ2) is 16.1. The molecule has 3 aliphatic rings. The Kier molecular flexibility index (Phi) is 11.8. The molecule has 1 aromatic heterocycles. The number of esters is 2. The van der Waals surface area contributed by atoms with Crippen LogP contribution in [0.15, 0.2) is 34.6 Å². The minimum absolute atomic E-state index is 0.0150. The number of carboxylic acids is 1. The molecule has 2 unspecified atom stereocenters. The lowest BCUT2D eigenvalue weighted by Crippen LogP contribution is -2.88. The van der Waals surface area contributed by atoms with E-state index < -0.39 is 93.0 Å². The van der Waals surface area contributed by atoms with E-state index in [1.54, 1.807) is 6.92 Å². The summed E-state index contributed by atoms with van der Waals surface area (Å²) in [4.78, 5) is 118. The summed E-state index contributed by atoms with van der Waals surface area (Å²) in [7, 11) is 1.54. The van der Waals surface area contributed by atoms with Gasteiger partial charge in [0, 0.05) is 51.9 Å². The van der Waals surface area contributed by atoms with Gasteiger partial charge in [0.1, 0.15) is 17.5 Å². The number of carbonyl (C=O) groups excluding carboxylic acids is 8. The maximum atomic E-state index is 14.3. The number of aryl methyl sites for hydroxylation is 1. The first kappa shape index (κ1) is 40.1. The van der Waals surface area contributed by atoms with E-state index in [1.165, 1.54) is 16.6 Å². The number of aromatic nitrogens is 4. The van der Waals surface area contributed by atoms with Crippen molar-refractivity contribution in [3.05, 3.63) is 35.0 Å². The van der Waals surface area contributed by atoms with Crippen LogP contribution in [0.25, 0.3) is 0 Å². The Hall–Kier alpha value is -6.08. The largest absolute Gasteiger partial charge is 0.614 e. The lowest BCUT2D eigenvalue weighted by Gasteiger charge is -2.55. The number of carboxylic acid groups (broad SMARTS) is 1. The number of tetrazole rings is 1. The number of imide groups is 1. The number of benzene rings is 1. The topological polar surface area (TPSA) is 305 Å². The number of thioether (sulfide) groups is 1. The quantitative estimate of drug-likeness (QED) is 0.0231. The molecule has 1 aromatic carbocycles. The van der Waals surface area contributed by atoms with Crippen molar-refractivity contribution in [2.75, 3.05) is 31.1 Å². The highest BCUT2D eigenvalue weighted by molar-refractivity contribution is 7.99. The Balaban J connectivity index is 1.52. The second-order valence-corrected chi connectivity index (χ2v) is 14.3. The van der Waals surface area contributed by atoms with Gasteiger partial charge in [-0.25, -0.2) is 14.3 Å². The second-order valence-electron chi connectivity index (χ2n) is 11.9. The van der Waals surface area contributed by atoms with Crippen LogP contribution in [0.3, 0.4) is 0 Å². The first-order valence-corrected chi connectivity index (χ1v) is 18.4. The zero-order valence-electron chi connectivity index (χ0n) is 29.3. The number of piperazine rings is 1. The maximum Gasteiger partial charge on any atom is 0.352 e. The number of rotatable bonds is 13. The van der Waals surface area contributed by atoms with Crippen molar-refractivity contribution in [3.8, 4) is 11.5 Å². The van der Waals surface area contributed by atoms with Crippen LogP contribution in [0.1, 0.15) is 32.4 Å². The third kappa shape index (κ3) is 7.79. The van der Waals surface area contributed by atoms with E-state index in [0.717, 1.165) is 43.8 Å². The highest BCUT2D eigenvalue weighted by Crippen LogP contribution is 2.43. The number of aliphatic carboxylic acids is 1. The van der Waals surface area contributed by atoms with Gasteiger partial charge in [0.25, 0.3) is 11.6 Å². The fourth-order valence-electron chi connectivity index (χ4n) is 5.91. The first-order valence-electron chi connectivity index (χ1n) is 16.0. The Labute approximate surface area is 317 Å². The lowest BCUT2D eigenvalue weighted by atomic mass is 9.94. The van der Waals surface area contributed by atoms with E-state index in [2.05, 4.69) is 31.5 Å². The molecule has 55 heavy (non-hydrogen) atoms. The molecule has 0 radical (unpaired) electrons. The molecular weight excluding hydrogens is 773 g/mol. The number of urea groups is 1. The molecule has 7 amide bonds. The molecule has 2 fully saturated rings. The maximum absolute atomic E-state index is 14.3. The van der Waals surface area contributed by atoms with E-state index >= 15 is 0 Å². The summed E-state index contributed by atoms with van der Waals surface area (Å²) in [5.74, 6) is -9.16. The normalized spacial score (nSPS) is 21.3. The van der Waals surface area contributed by atoms with E-state index in [9.17, 15) is 52.8 Å². The predicted molar refractivity (Wildman–Crippen MR) is 182 cm³/mol. The number of ether oxygens (including phenoxy) is 2. The number of β-lactam (4-membered cyclic amide) rings is 1. The van der Waals surface area contributed by atoms with Crippen LogP contribution in [0.4, 0.5) is 4.79 Å². The summed E-state index contributed by atoms with van der Waals surface area (Å²) in [5.41, 5.74) is -3.23. The molecule has 25 heteroatoms. The number of hydrogen-bond donors (Lipinski definition) is 4. The van der Waals surface area contributed by atoms with Gasteiger partial charge in [-0.15, -0.1) is 5.10 Å². The van der Waals surface area contributed by atoms with Gasteiger partial charge in [-0.3, -0.25) is 43.4 Å². The van der Waals surface area contributed by atoms with Gasteiger partial charge >= 0.3 is 35.8 Å². The van der Waals surface area contributed by atoms with Crippen LogP contribution in [-0.2, 0) is 56.6 Å². The first-order chi connectivity index (χ1) is 26.0. The molecule has 3 aliphatic heterocycles. The van der Waals surface area contributed by atoms with Crippen molar-refractivity contribution in [2.45, 2.75) is 43.0 Å². The molecule has 2 saturated heterocycles. The summed E-state index contributed by atoms with van der Waals surface area (Å²) < 4.78 is 25.3. The van der Waals surface area contributed by atoms with Gasteiger partial charge in [0.2, 0.25) is 22.8 Å². The summed E-state index contributed by atoms with van der Waals surface area (Å²) in [6.45, 7) is 3.59. The van der Waals surface area contributed by atoms with Crippen LogP contribution >= 0.6 is 11.8 Å². The average Bonchev–Trinajstić information content (AvgIpc) is 3.54. The predicted octanol–water partition coefficient (Wildman–Crippen LogP) is -2.88. The van der Waals surface area contributed by atoms with E-state index in [-0.39, 0.29) is 53.8 Å². The van der Waals surface area contributed by atoms with Gasteiger partial charge in [0.05, 0.1) is 0 Å². The zero-order chi connectivity index (χ0) is 40.4. The number of carbonyl (C=O) groups is 9. The van der Waals surface area contributed by atoms with Gasteiger partial charge in [-0.1, -0.05) is 17.8 Å². The van der Waals surface area contributed by atoms with E-state index in [0.29, 0.717) is 9.80 Å². The van der Waals surface area contributed by atoms with Crippen LogP contribution < -0.4 is 25.4 Å². The third-order valence-corrected chi connectivity index (χ3v) is 11.1. The molecule has 4 N–H and O–H groups in total. The molecule has 4 atom stereocenters. The fraction of sp³-hybridized carbons (Fsp3) is 0.400. The Morgan fingerprint density at radius 1 is 1.11 bits per heavy atom. The summed E-state index contributed by atoms with van der Waals surface area (Å²) in [6.07, 6.45) is 0.0150. The number of fused-ring (bicyclic) bond motifs is 1. The number of nitrogens with zero attached hydrogens (tertiary/aromatic N) is 7. The monoisotopic (exact) mass is 804 g/mol. The van der Waals surface area contributed by atoms with Crippen molar-refractivity contribution < 1.29 is 62.3 Å². The summed E-state index contributed by atoms with van der Waals surface area (Å²) >= 11 is -1.17. The highest BCUT2D eigenvalue weighted by Gasteiger charge is 2.72. The van der Waals surface area contributed by atoms with Gasteiger partial charge < -0.3 is 40.0 Å². The standard InChI is InChI=1S/C30H32N10O13S2/c1-5-38-8-9-39(24(46)23(38)45)28(50)32-20(16-6-7-18(52-14(2)42)19(10-16)53-15(3)43)22(44)33-30(31-13-41)26(49)40-21(25(47)48)17(12-55(51)27(30)40)11-54-29-34-35-36-37(29)4/h6-7,10,13,20,27H,5,8-9,11-12H2,1-4H3,(H,31,41)(H,32,50)(H,33,44)(H,47,48)/t20?,27-,30-,55?/m1/s1. The van der Waals surface area contributed by atoms with Crippen LogP contribution in [0.2, 0.25) is 0 Å². The molecular formula is C30H32N10O13S2. The van der Waals surface area contributed by atoms with E-state index in [1.807, 2.05) is 0 Å². The van der Waals surface area contributed by atoms with Crippen molar-refractivity contribution in [1.29, 1.82) is 0 Å². The number of hydrogen-bond acceptors (Lipinski definition) is 16. The zero-order valence-corrected chi connectivity index (χ0v) is 30.9. The molecule has 2 aromatic rings. The smallest absolute Gasteiger partial charge is 0.352 e. The summed E-state index contributed by atoms with van der Waals surface area (Å²) in [5, 5.41) is 26.5.